The summed E-state index contributed by atoms with van der Waals surface area (Å²) < 4.78 is 26.9. The lowest BCUT2D eigenvalue weighted by Gasteiger charge is -2.14. The van der Waals surface area contributed by atoms with Crippen molar-refractivity contribution in [2.45, 2.75) is 12.6 Å². The van der Waals surface area contributed by atoms with Crippen molar-refractivity contribution in [1.29, 1.82) is 0 Å². The summed E-state index contributed by atoms with van der Waals surface area (Å²) in [4.78, 5) is 11.6. The average Bonchev–Trinajstić information content (AvgIpc) is 2.52. The molecule has 2 rings (SSSR count). The van der Waals surface area contributed by atoms with Crippen molar-refractivity contribution in [2.75, 3.05) is 6.54 Å². The molecule has 0 aromatic heterocycles. The van der Waals surface area contributed by atoms with E-state index in [2.05, 4.69) is 10.6 Å². The first-order chi connectivity index (χ1) is 10.6. The monoisotopic (exact) mass is 306 g/mol. The number of hydrogen-bond acceptors (Lipinski definition) is 2. The topological polar surface area (TPSA) is 61.4 Å². The molecule has 0 radical (unpaired) electrons. The third-order valence-electron chi connectivity index (χ3n) is 3.08. The molecule has 0 saturated heterocycles. The lowest BCUT2D eigenvalue weighted by molar-refractivity contribution is 0.164. The SMILES string of the molecule is O=C(NCc1ccccc1)NCC(O)c1c(F)cccc1F. The second-order valence-electron chi connectivity index (χ2n) is 4.70. The molecule has 0 aliphatic rings. The second kappa shape index (κ2) is 7.51. The lowest BCUT2D eigenvalue weighted by atomic mass is 10.1. The third kappa shape index (κ3) is 4.26. The molecule has 0 spiro atoms. The van der Waals surface area contributed by atoms with E-state index >= 15 is 0 Å². The van der Waals surface area contributed by atoms with Gasteiger partial charge in [0.05, 0.1) is 5.56 Å². The molecule has 0 aliphatic heterocycles. The predicted molar refractivity (Wildman–Crippen MR) is 78.0 cm³/mol. The molecule has 0 fully saturated rings. The molecule has 3 N–H and O–H groups in total. The van der Waals surface area contributed by atoms with Crippen LogP contribution in [-0.2, 0) is 6.54 Å². The second-order valence-corrected chi connectivity index (χ2v) is 4.70. The fourth-order valence-corrected chi connectivity index (χ4v) is 1.96. The largest absolute Gasteiger partial charge is 0.386 e. The van der Waals surface area contributed by atoms with E-state index in [-0.39, 0.29) is 6.54 Å². The van der Waals surface area contributed by atoms with Gasteiger partial charge in [0, 0.05) is 13.1 Å². The van der Waals surface area contributed by atoms with Gasteiger partial charge in [0.25, 0.3) is 0 Å². The van der Waals surface area contributed by atoms with Crippen LogP contribution in [-0.4, -0.2) is 17.7 Å². The number of carbonyl (C=O) groups is 1. The van der Waals surface area contributed by atoms with Gasteiger partial charge >= 0.3 is 6.03 Å². The minimum Gasteiger partial charge on any atom is -0.386 e. The summed E-state index contributed by atoms with van der Waals surface area (Å²) in [5, 5.41) is 14.8. The Balaban J connectivity index is 1.83. The maximum Gasteiger partial charge on any atom is 0.315 e. The van der Waals surface area contributed by atoms with Gasteiger partial charge in [-0.2, -0.15) is 0 Å². The summed E-state index contributed by atoms with van der Waals surface area (Å²) in [6.45, 7) is 0.0231. The first kappa shape index (κ1) is 15.9. The van der Waals surface area contributed by atoms with Crippen LogP contribution in [0.1, 0.15) is 17.2 Å². The maximum absolute atomic E-state index is 13.5. The standard InChI is InChI=1S/C16H16F2N2O2/c17-12-7-4-8-13(18)15(12)14(21)10-20-16(22)19-9-11-5-2-1-3-6-11/h1-8,14,21H,9-10H2,(H2,19,20,22). The fourth-order valence-electron chi connectivity index (χ4n) is 1.96. The Kier molecular flexibility index (Phi) is 5.43. The molecular formula is C16H16F2N2O2. The molecule has 2 amide bonds. The van der Waals surface area contributed by atoms with E-state index in [0.29, 0.717) is 6.54 Å². The number of halogens is 2. The van der Waals surface area contributed by atoms with Gasteiger partial charge < -0.3 is 15.7 Å². The molecule has 0 heterocycles. The van der Waals surface area contributed by atoms with Gasteiger partial charge in [-0.15, -0.1) is 0 Å². The Hall–Kier alpha value is -2.47. The van der Waals surface area contributed by atoms with E-state index in [4.69, 9.17) is 0 Å². The van der Waals surface area contributed by atoms with E-state index < -0.39 is 29.3 Å². The van der Waals surface area contributed by atoms with E-state index in [1.165, 1.54) is 6.07 Å². The molecule has 2 aromatic rings. The highest BCUT2D eigenvalue weighted by Crippen LogP contribution is 2.19. The van der Waals surface area contributed by atoms with Crippen molar-refractivity contribution < 1.29 is 18.7 Å². The van der Waals surface area contributed by atoms with Gasteiger partial charge in [0.1, 0.15) is 17.7 Å². The predicted octanol–water partition coefficient (Wildman–Crippen LogP) is 2.50. The molecule has 1 atom stereocenters. The molecule has 6 heteroatoms. The van der Waals surface area contributed by atoms with Gasteiger partial charge in [-0.1, -0.05) is 36.4 Å². The van der Waals surface area contributed by atoms with Crippen molar-refractivity contribution in [3.8, 4) is 0 Å². The highest BCUT2D eigenvalue weighted by atomic mass is 19.1. The van der Waals surface area contributed by atoms with Crippen molar-refractivity contribution in [1.82, 2.24) is 10.6 Å². The lowest BCUT2D eigenvalue weighted by Crippen LogP contribution is -2.37. The summed E-state index contributed by atoms with van der Waals surface area (Å²) in [6.07, 6.45) is -1.45. The van der Waals surface area contributed by atoms with Crippen LogP contribution in [0.3, 0.4) is 0 Å². The van der Waals surface area contributed by atoms with Gasteiger partial charge in [0.2, 0.25) is 0 Å². The number of aliphatic hydroxyl groups excluding tert-OH is 1. The summed E-state index contributed by atoms with van der Waals surface area (Å²) in [7, 11) is 0. The van der Waals surface area contributed by atoms with E-state index in [1.54, 1.807) is 0 Å². The van der Waals surface area contributed by atoms with Gasteiger partial charge in [-0.05, 0) is 17.7 Å². The number of nitrogens with one attached hydrogen (secondary N) is 2. The highest BCUT2D eigenvalue weighted by Gasteiger charge is 2.18. The molecular weight excluding hydrogens is 290 g/mol. The summed E-state index contributed by atoms with van der Waals surface area (Å²) in [5.74, 6) is -1.70. The molecule has 4 nitrogen and oxygen atoms in total. The zero-order valence-corrected chi connectivity index (χ0v) is 11.7. The maximum atomic E-state index is 13.5. The van der Waals surface area contributed by atoms with Crippen molar-refractivity contribution in [3.63, 3.8) is 0 Å². The van der Waals surface area contributed by atoms with Gasteiger partial charge in [-0.25, -0.2) is 13.6 Å². The van der Waals surface area contributed by atoms with E-state index in [9.17, 15) is 18.7 Å². The number of aliphatic hydroxyl groups is 1. The number of carbonyl (C=O) groups excluding carboxylic acids is 1. The van der Waals surface area contributed by atoms with Crippen LogP contribution in [0.2, 0.25) is 0 Å². The van der Waals surface area contributed by atoms with Crippen LogP contribution in [0.25, 0.3) is 0 Å². The van der Waals surface area contributed by atoms with Crippen LogP contribution in [0.5, 0.6) is 0 Å². The summed E-state index contributed by atoms with van der Waals surface area (Å²) >= 11 is 0. The highest BCUT2D eigenvalue weighted by molar-refractivity contribution is 5.73. The summed E-state index contributed by atoms with van der Waals surface area (Å²) in [6, 6.07) is 12.0. The van der Waals surface area contributed by atoms with Crippen molar-refractivity contribution >= 4 is 6.03 Å². The smallest absolute Gasteiger partial charge is 0.315 e. The quantitative estimate of drug-likeness (QED) is 0.795. The van der Waals surface area contributed by atoms with Crippen molar-refractivity contribution in [3.05, 3.63) is 71.3 Å². The normalized spacial score (nSPS) is 11.8. The number of benzene rings is 2. The average molecular weight is 306 g/mol. The zero-order chi connectivity index (χ0) is 15.9. The first-order valence-corrected chi connectivity index (χ1v) is 6.75. The molecule has 0 bridgehead atoms. The van der Waals surface area contributed by atoms with Crippen LogP contribution in [0.15, 0.2) is 48.5 Å². The Labute approximate surface area is 126 Å². The molecule has 2 aromatic carbocycles. The minimum absolute atomic E-state index is 0.293. The van der Waals surface area contributed by atoms with Gasteiger partial charge in [0.15, 0.2) is 0 Å². The van der Waals surface area contributed by atoms with Crippen LogP contribution in [0, 0.1) is 11.6 Å². The molecule has 1 unspecified atom stereocenters. The molecule has 116 valence electrons. The molecule has 22 heavy (non-hydrogen) atoms. The zero-order valence-electron chi connectivity index (χ0n) is 11.7. The van der Waals surface area contributed by atoms with E-state index in [0.717, 1.165) is 17.7 Å². The van der Waals surface area contributed by atoms with Crippen LogP contribution < -0.4 is 10.6 Å². The Morgan fingerprint density at radius 1 is 1.00 bits per heavy atom. The molecule has 0 saturated carbocycles. The number of rotatable bonds is 5. The summed E-state index contributed by atoms with van der Waals surface area (Å²) in [5.41, 5.74) is 0.462. The first-order valence-electron chi connectivity index (χ1n) is 6.75. The Bertz CT molecular complexity index is 615. The van der Waals surface area contributed by atoms with Crippen LogP contribution >= 0.6 is 0 Å². The molecule has 0 aliphatic carbocycles. The number of amides is 2. The van der Waals surface area contributed by atoms with E-state index in [1.807, 2.05) is 30.3 Å². The van der Waals surface area contributed by atoms with Gasteiger partial charge in [-0.3, -0.25) is 0 Å². The van der Waals surface area contributed by atoms with Crippen LogP contribution in [0.4, 0.5) is 13.6 Å². The number of urea groups is 1. The Morgan fingerprint density at radius 2 is 1.64 bits per heavy atom. The van der Waals surface area contributed by atoms with Crippen molar-refractivity contribution in [2.24, 2.45) is 0 Å². The number of hydrogen-bond donors (Lipinski definition) is 3. The Morgan fingerprint density at radius 3 is 2.27 bits per heavy atom. The third-order valence-corrected chi connectivity index (χ3v) is 3.08. The fraction of sp³-hybridized carbons (Fsp3) is 0.188. The minimum atomic E-state index is -1.45.